The molecular formula is C17H27N3. The number of nitrogens with two attached hydrogens (primary N) is 1. The molecule has 0 aliphatic carbocycles. The summed E-state index contributed by atoms with van der Waals surface area (Å²) in [6.45, 7) is 7.81. The summed E-state index contributed by atoms with van der Waals surface area (Å²) in [5, 5.41) is 7.87. The van der Waals surface area contributed by atoms with E-state index in [0.717, 1.165) is 25.2 Å². The molecule has 3 heteroatoms. The highest BCUT2D eigenvalue weighted by Gasteiger charge is 2.29. The molecule has 1 aromatic carbocycles. The summed E-state index contributed by atoms with van der Waals surface area (Å²) in [4.78, 5) is 2.47. The lowest BCUT2D eigenvalue weighted by Gasteiger charge is -2.40. The number of amidine groups is 1. The van der Waals surface area contributed by atoms with E-state index in [1.165, 1.54) is 19.3 Å². The Kier molecular flexibility index (Phi) is 4.81. The quantitative estimate of drug-likeness (QED) is 0.639. The van der Waals surface area contributed by atoms with Crippen LogP contribution in [0.1, 0.15) is 44.6 Å². The van der Waals surface area contributed by atoms with Gasteiger partial charge in [0.05, 0.1) is 11.8 Å². The molecule has 3 nitrogen and oxygen atoms in total. The van der Waals surface area contributed by atoms with E-state index in [2.05, 4.69) is 30.9 Å². The van der Waals surface area contributed by atoms with Crippen molar-refractivity contribution in [1.82, 2.24) is 4.90 Å². The van der Waals surface area contributed by atoms with Gasteiger partial charge in [-0.15, -0.1) is 0 Å². The molecule has 0 radical (unpaired) electrons. The van der Waals surface area contributed by atoms with Gasteiger partial charge in [-0.3, -0.25) is 5.41 Å². The Labute approximate surface area is 122 Å². The third kappa shape index (κ3) is 3.60. The molecule has 110 valence electrons. The summed E-state index contributed by atoms with van der Waals surface area (Å²) in [6.07, 6.45) is 3.77. The zero-order valence-corrected chi connectivity index (χ0v) is 12.7. The van der Waals surface area contributed by atoms with Crippen LogP contribution >= 0.6 is 0 Å². The molecule has 1 aliphatic rings. The average Bonchev–Trinajstić information content (AvgIpc) is 2.47. The highest BCUT2D eigenvalue weighted by molar-refractivity contribution is 5.84. The van der Waals surface area contributed by atoms with Crippen molar-refractivity contribution < 1.29 is 0 Å². The van der Waals surface area contributed by atoms with Crippen LogP contribution in [0.2, 0.25) is 0 Å². The van der Waals surface area contributed by atoms with Crippen LogP contribution in [0.5, 0.6) is 0 Å². The van der Waals surface area contributed by atoms with Gasteiger partial charge in [0.2, 0.25) is 0 Å². The van der Waals surface area contributed by atoms with Crippen molar-refractivity contribution in [3.8, 4) is 0 Å². The van der Waals surface area contributed by atoms with Gasteiger partial charge in [-0.2, -0.15) is 0 Å². The minimum atomic E-state index is 0.0298. The second-order valence-corrected chi connectivity index (χ2v) is 6.38. The SMILES string of the molecule is CCC1(C)CCN(CC(C(=N)N)c2ccccc2)CC1. The van der Waals surface area contributed by atoms with Crippen LogP contribution in [0.15, 0.2) is 30.3 Å². The standard InChI is InChI=1S/C17H27N3/c1-3-17(2)9-11-20(12-10-17)13-15(16(18)19)14-7-5-4-6-8-14/h4-8,15H,3,9-13H2,1-2H3,(H3,18,19). The molecule has 0 saturated carbocycles. The molecule has 1 saturated heterocycles. The number of hydrogen-bond acceptors (Lipinski definition) is 2. The zero-order valence-electron chi connectivity index (χ0n) is 12.7. The number of nitrogens with one attached hydrogen (secondary N) is 1. The molecule has 1 fully saturated rings. The van der Waals surface area contributed by atoms with E-state index in [9.17, 15) is 0 Å². The maximum Gasteiger partial charge on any atom is 0.0995 e. The Balaban J connectivity index is 1.99. The normalized spacial score (nSPS) is 20.5. The van der Waals surface area contributed by atoms with Crippen molar-refractivity contribution >= 4 is 5.84 Å². The lowest BCUT2D eigenvalue weighted by molar-refractivity contribution is 0.114. The Morgan fingerprint density at radius 3 is 2.40 bits per heavy atom. The van der Waals surface area contributed by atoms with Crippen LogP contribution in [0.3, 0.4) is 0 Å². The molecule has 0 spiro atoms. The fourth-order valence-corrected chi connectivity index (χ4v) is 2.96. The fourth-order valence-electron chi connectivity index (χ4n) is 2.96. The second kappa shape index (κ2) is 6.40. The Morgan fingerprint density at radius 2 is 1.90 bits per heavy atom. The molecule has 0 bridgehead atoms. The maximum absolute atomic E-state index is 7.87. The van der Waals surface area contributed by atoms with Gasteiger partial charge in [0.1, 0.15) is 0 Å². The smallest absolute Gasteiger partial charge is 0.0995 e. The van der Waals surface area contributed by atoms with Crippen LogP contribution in [0.25, 0.3) is 0 Å². The summed E-state index contributed by atoms with van der Waals surface area (Å²) in [6, 6.07) is 10.2. The first-order valence-electron chi connectivity index (χ1n) is 7.65. The van der Waals surface area contributed by atoms with Gasteiger partial charge in [-0.25, -0.2) is 0 Å². The third-order valence-corrected chi connectivity index (χ3v) is 4.93. The number of rotatable bonds is 5. The summed E-state index contributed by atoms with van der Waals surface area (Å²) in [7, 11) is 0. The first kappa shape index (κ1) is 15.0. The van der Waals surface area contributed by atoms with Crippen molar-refractivity contribution in [2.75, 3.05) is 19.6 Å². The number of hydrogen-bond donors (Lipinski definition) is 2. The highest BCUT2D eigenvalue weighted by atomic mass is 15.1. The van der Waals surface area contributed by atoms with Crippen molar-refractivity contribution in [2.24, 2.45) is 11.1 Å². The van der Waals surface area contributed by atoms with Gasteiger partial charge >= 0.3 is 0 Å². The van der Waals surface area contributed by atoms with Crippen molar-refractivity contribution in [1.29, 1.82) is 5.41 Å². The minimum Gasteiger partial charge on any atom is -0.387 e. The van der Waals surface area contributed by atoms with Crippen molar-refractivity contribution in [3.63, 3.8) is 0 Å². The molecule has 3 N–H and O–H groups in total. The first-order valence-corrected chi connectivity index (χ1v) is 7.65. The number of likely N-dealkylation sites (tertiary alicyclic amines) is 1. The average molecular weight is 273 g/mol. The van der Waals surface area contributed by atoms with E-state index < -0.39 is 0 Å². The van der Waals surface area contributed by atoms with Crippen LogP contribution < -0.4 is 5.73 Å². The predicted octanol–water partition coefficient (Wildman–Crippen LogP) is 3.22. The van der Waals surface area contributed by atoms with Crippen molar-refractivity contribution in [3.05, 3.63) is 35.9 Å². The molecule has 1 aliphatic heterocycles. The van der Waals surface area contributed by atoms with Gasteiger partial charge in [0.25, 0.3) is 0 Å². The Hall–Kier alpha value is -1.35. The molecule has 1 unspecified atom stereocenters. The number of piperidine rings is 1. The summed E-state index contributed by atoms with van der Waals surface area (Å²) >= 11 is 0. The van der Waals surface area contributed by atoms with Gasteiger partial charge in [-0.05, 0) is 36.9 Å². The molecule has 0 aromatic heterocycles. The Bertz CT molecular complexity index is 433. The highest BCUT2D eigenvalue weighted by Crippen LogP contribution is 2.34. The van der Waals surface area contributed by atoms with E-state index in [4.69, 9.17) is 11.1 Å². The van der Waals surface area contributed by atoms with Crippen molar-refractivity contribution in [2.45, 2.75) is 39.0 Å². The van der Waals surface area contributed by atoms with Crippen LogP contribution in [0.4, 0.5) is 0 Å². The summed E-state index contributed by atoms with van der Waals surface area (Å²) < 4.78 is 0. The van der Waals surface area contributed by atoms with E-state index >= 15 is 0 Å². The second-order valence-electron chi connectivity index (χ2n) is 6.38. The van der Waals surface area contributed by atoms with E-state index in [-0.39, 0.29) is 11.8 Å². The van der Waals surface area contributed by atoms with Gasteiger partial charge in [0.15, 0.2) is 0 Å². The number of benzene rings is 1. The molecule has 2 rings (SSSR count). The van der Waals surface area contributed by atoms with Gasteiger partial charge in [-0.1, -0.05) is 50.6 Å². The van der Waals surface area contributed by atoms with E-state index in [1.54, 1.807) is 0 Å². The van der Waals surface area contributed by atoms with Gasteiger partial charge < -0.3 is 10.6 Å². The molecule has 1 heterocycles. The van der Waals surface area contributed by atoms with Gasteiger partial charge in [0, 0.05) is 6.54 Å². The molecular weight excluding hydrogens is 246 g/mol. The third-order valence-electron chi connectivity index (χ3n) is 4.93. The van der Waals surface area contributed by atoms with E-state index in [0.29, 0.717) is 5.41 Å². The molecule has 20 heavy (non-hydrogen) atoms. The monoisotopic (exact) mass is 273 g/mol. The van der Waals surface area contributed by atoms with E-state index in [1.807, 2.05) is 18.2 Å². The lowest BCUT2D eigenvalue weighted by Crippen LogP contribution is -2.42. The first-order chi connectivity index (χ1) is 9.54. The molecule has 1 atom stereocenters. The summed E-state index contributed by atoms with van der Waals surface area (Å²) in [5.41, 5.74) is 7.49. The maximum atomic E-state index is 7.87. The lowest BCUT2D eigenvalue weighted by atomic mass is 9.78. The largest absolute Gasteiger partial charge is 0.387 e. The van der Waals surface area contributed by atoms with Crippen LogP contribution in [-0.2, 0) is 0 Å². The topological polar surface area (TPSA) is 53.1 Å². The zero-order chi connectivity index (χ0) is 14.6. The minimum absolute atomic E-state index is 0.0298. The van der Waals surface area contributed by atoms with Crippen LogP contribution in [0, 0.1) is 10.8 Å². The molecule has 1 aromatic rings. The van der Waals surface area contributed by atoms with Crippen LogP contribution in [-0.4, -0.2) is 30.4 Å². The fraction of sp³-hybridized carbons (Fsp3) is 0.588. The number of nitrogens with zero attached hydrogens (tertiary/aromatic N) is 1. The molecule has 0 amide bonds. The Morgan fingerprint density at radius 1 is 1.30 bits per heavy atom. The predicted molar refractivity (Wildman–Crippen MR) is 85.2 cm³/mol. The summed E-state index contributed by atoms with van der Waals surface area (Å²) in [5.74, 6) is 0.308.